The minimum Gasteiger partial charge on any atom is -0.216 e. The zero-order valence-electron chi connectivity index (χ0n) is 16.5. The monoisotopic (exact) mass is 464 g/mol. The van der Waals surface area contributed by atoms with Crippen LogP contribution in [0.25, 0.3) is 5.78 Å². The molecule has 2 heterocycles. The number of nitrogens with zero attached hydrogens (tertiary/aromatic N) is 5. The van der Waals surface area contributed by atoms with Gasteiger partial charge in [-0.2, -0.15) is 18.5 Å². The van der Waals surface area contributed by atoms with Crippen molar-refractivity contribution in [2.45, 2.75) is 54.8 Å². The predicted molar refractivity (Wildman–Crippen MR) is 118 cm³/mol. The summed E-state index contributed by atoms with van der Waals surface area (Å²) in [4.78, 5) is 11.3. The van der Waals surface area contributed by atoms with Crippen LogP contribution in [0.4, 0.5) is 0 Å². The smallest absolute Gasteiger partial charge is 0.216 e. The van der Waals surface area contributed by atoms with Crippen molar-refractivity contribution >= 4 is 44.9 Å². The number of rotatable bonds is 5. The van der Waals surface area contributed by atoms with Crippen molar-refractivity contribution in [3.05, 3.63) is 46.7 Å². The number of aryl methyl sites for hydroxylation is 2. The summed E-state index contributed by atoms with van der Waals surface area (Å²) in [6, 6.07) is 8.25. The molecule has 0 amide bonds. The van der Waals surface area contributed by atoms with Gasteiger partial charge in [0.05, 0.1) is 16.0 Å². The molecule has 1 fully saturated rings. The van der Waals surface area contributed by atoms with Crippen molar-refractivity contribution in [2.75, 3.05) is 0 Å². The molecule has 1 unspecified atom stereocenters. The molecule has 1 atom stereocenters. The van der Waals surface area contributed by atoms with E-state index >= 15 is 0 Å². The van der Waals surface area contributed by atoms with Crippen LogP contribution in [0.5, 0.6) is 0 Å². The van der Waals surface area contributed by atoms with Gasteiger partial charge in [-0.25, -0.2) is 14.3 Å². The summed E-state index contributed by atoms with van der Waals surface area (Å²) in [6.07, 6.45) is 3.59. The number of sulfonamides is 1. The van der Waals surface area contributed by atoms with Crippen LogP contribution in [0.1, 0.15) is 37.1 Å². The summed E-state index contributed by atoms with van der Waals surface area (Å²) >= 11 is 7.52. The van der Waals surface area contributed by atoms with Gasteiger partial charge in [-0.15, -0.1) is 5.10 Å². The molecule has 0 radical (unpaired) electrons. The molecule has 3 aromatic rings. The van der Waals surface area contributed by atoms with Crippen molar-refractivity contribution in [2.24, 2.45) is 5.10 Å². The number of hydrogen-bond donors (Lipinski definition) is 1. The number of aromatic nitrogens is 4. The van der Waals surface area contributed by atoms with Crippen molar-refractivity contribution in [3.8, 4) is 0 Å². The van der Waals surface area contributed by atoms with E-state index in [-0.39, 0.29) is 15.2 Å². The van der Waals surface area contributed by atoms with Gasteiger partial charge in [0, 0.05) is 11.4 Å². The fourth-order valence-electron chi connectivity index (χ4n) is 3.37. The van der Waals surface area contributed by atoms with Crippen LogP contribution in [0.2, 0.25) is 5.02 Å². The minimum atomic E-state index is -3.84. The standard InChI is InChI=1S/C19H21ClN6O2S2/c1-12-11-13(2)26-18(21-12)22-19(24-26)29-16-9-5-4-8-15(16)23-25-30(27,28)17-10-6-3-7-14(17)20/h3,6-7,10-11,16,25H,4-5,8-9H2,1-2H3/b23-15+. The minimum absolute atomic E-state index is 0.00786. The van der Waals surface area contributed by atoms with E-state index in [4.69, 9.17) is 11.6 Å². The Labute approximate surface area is 184 Å². The summed E-state index contributed by atoms with van der Waals surface area (Å²) in [6.45, 7) is 3.88. The molecule has 2 aromatic heterocycles. The van der Waals surface area contributed by atoms with Gasteiger partial charge < -0.3 is 0 Å². The zero-order valence-corrected chi connectivity index (χ0v) is 18.9. The lowest BCUT2D eigenvalue weighted by molar-refractivity contribution is 0.583. The summed E-state index contributed by atoms with van der Waals surface area (Å²) in [5.41, 5.74) is 2.63. The first-order valence-corrected chi connectivity index (χ1v) is 12.3. The van der Waals surface area contributed by atoms with Crippen LogP contribution in [-0.4, -0.2) is 39.0 Å². The van der Waals surface area contributed by atoms with Gasteiger partial charge >= 0.3 is 0 Å². The SMILES string of the molecule is Cc1cc(C)n2nc(SC3CCCC/C3=N\NS(=O)(=O)c3ccccc3Cl)nc2n1. The van der Waals surface area contributed by atoms with Crippen LogP contribution in [0.15, 0.2) is 45.5 Å². The Morgan fingerprint density at radius 1 is 1.23 bits per heavy atom. The lowest BCUT2D eigenvalue weighted by Crippen LogP contribution is -2.27. The second-order valence-corrected chi connectivity index (χ2v) is 10.3. The fraction of sp³-hybridized carbons (Fsp3) is 0.368. The third kappa shape index (κ3) is 4.45. The van der Waals surface area contributed by atoms with Gasteiger partial charge in [0.1, 0.15) is 4.90 Å². The zero-order chi connectivity index (χ0) is 21.3. The van der Waals surface area contributed by atoms with E-state index in [1.165, 1.54) is 23.9 Å². The molecule has 0 aliphatic heterocycles. The first kappa shape index (κ1) is 21.1. The molecule has 30 heavy (non-hydrogen) atoms. The molecule has 158 valence electrons. The first-order valence-electron chi connectivity index (χ1n) is 9.54. The molecule has 1 N–H and O–H groups in total. The van der Waals surface area contributed by atoms with Gasteiger partial charge in [-0.1, -0.05) is 41.9 Å². The van der Waals surface area contributed by atoms with Crippen LogP contribution in [0.3, 0.4) is 0 Å². The third-order valence-corrected chi connectivity index (χ3v) is 7.69. The normalized spacial score (nSPS) is 18.8. The first-order chi connectivity index (χ1) is 14.3. The highest BCUT2D eigenvalue weighted by Gasteiger charge is 2.25. The molecule has 1 aliphatic rings. The number of halogens is 1. The largest absolute Gasteiger partial charge is 0.278 e. The highest BCUT2D eigenvalue weighted by molar-refractivity contribution is 8.00. The number of hydrazone groups is 1. The topological polar surface area (TPSA) is 102 Å². The van der Waals surface area contributed by atoms with E-state index in [1.807, 2.05) is 19.9 Å². The van der Waals surface area contributed by atoms with Gasteiger partial charge in [-0.3, -0.25) is 0 Å². The Morgan fingerprint density at radius 2 is 2.03 bits per heavy atom. The maximum absolute atomic E-state index is 12.6. The van der Waals surface area contributed by atoms with Gasteiger partial charge in [0.25, 0.3) is 15.8 Å². The molecule has 1 aliphatic carbocycles. The van der Waals surface area contributed by atoms with E-state index < -0.39 is 10.0 Å². The van der Waals surface area contributed by atoms with Crippen molar-refractivity contribution in [1.29, 1.82) is 0 Å². The van der Waals surface area contributed by atoms with Crippen molar-refractivity contribution in [3.63, 3.8) is 0 Å². The van der Waals surface area contributed by atoms with Crippen LogP contribution in [-0.2, 0) is 10.0 Å². The number of nitrogens with one attached hydrogen (secondary N) is 1. The highest BCUT2D eigenvalue weighted by atomic mass is 35.5. The van der Waals surface area contributed by atoms with Crippen LogP contribution in [0, 0.1) is 13.8 Å². The number of thioether (sulfide) groups is 1. The quantitative estimate of drug-likeness (QED) is 0.577. The van der Waals surface area contributed by atoms with E-state index in [9.17, 15) is 8.42 Å². The van der Waals surface area contributed by atoms with Crippen LogP contribution < -0.4 is 4.83 Å². The molecule has 0 spiro atoms. The van der Waals surface area contributed by atoms with E-state index in [1.54, 1.807) is 16.6 Å². The average molecular weight is 465 g/mol. The predicted octanol–water partition coefficient (Wildman–Crippen LogP) is 3.76. The highest BCUT2D eigenvalue weighted by Crippen LogP contribution is 2.31. The molecule has 8 nitrogen and oxygen atoms in total. The third-order valence-electron chi connectivity index (χ3n) is 4.80. The second kappa shape index (κ2) is 8.52. The maximum Gasteiger partial charge on any atom is 0.278 e. The molecular weight excluding hydrogens is 444 g/mol. The second-order valence-electron chi connectivity index (χ2n) is 7.13. The van der Waals surface area contributed by atoms with E-state index in [0.29, 0.717) is 17.4 Å². The molecular formula is C19H21ClN6O2S2. The van der Waals surface area contributed by atoms with Gasteiger partial charge in [0.2, 0.25) is 5.16 Å². The molecule has 1 aromatic carbocycles. The van der Waals surface area contributed by atoms with E-state index in [2.05, 4.69) is 25.0 Å². The van der Waals surface area contributed by atoms with Gasteiger partial charge in [0.15, 0.2) is 0 Å². The molecule has 1 saturated carbocycles. The summed E-state index contributed by atoms with van der Waals surface area (Å²) in [7, 11) is -3.84. The lowest BCUT2D eigenvalue weighted by atomic mass is 9.98. The Bertz CT molecular complexity index is 1220. The summed E-state index contributed by atoms with van der Waals surface area (Å²) < 4.78 is 26.9. The maximum atomic E-state index is 12.6. The Kier molecular flexibility index (Phi) is 5.99. The number of benzene rings is 1. The van der Waals surface area contributed by atoms with Crippen LogP contribution >= 0.6 is 23.4 Å². The van der Waals surface area contributed by atoms with Crippen molar-refractivity contribution in [1.82, 2.24) is 24.4 Å². The molecule has 0 saturated heterocycles. The van der Waals surface area contributed by atoms with Gasteiger partial charge in [-0.05, 0) is 51.3 Å². The number of fused-ring (bicyclic) bond motifs is 1. The Morgan fingerprint density at radius 3 is 2.83 bits per heavy atom. The fourth-order valence-corrected chi connectivity index (χ4v) is 5.84. The Hall–Kier alpha value is -2.17. The van der Waals surface area contributed by atoms with Crippen molar-refractivity contribution < 1.29 is 8.42 Å². The lowest BCUT2D eigenvalue weighted by Gasteiger charge is -2.22. The van der Waals surface area contributed by atoms with E-state index in [0.717, 1.165) is 36.4 Å². The summed E-state index contributed by atoms with van der Waals surface area (Å²) in [5.74, 6) is 0.559. The molecule has 4 rings (SSSR count). The Balaban J connectivity index is 1.56. The summed E-state index contributed by atoms with van der Waals surface area (Å²) in [5, 5.41) is 9.55. The average Bonchev–Trinajstić information content (AvgIpc) is 3.10. The molecule has 0 bridgehead atoms. The number of hydrogen-bond acceptors (Lipinski definition) is 7. The molecule has 11 heteroatoms.